The Bertz CT molecular complexity index is 972. The molecular weight excluding hydrogens is 382 g/mol. The van der Waals surface area contributed by atoms with Gasteiger partial charge in [0.1, 0.15) is 5.56 Å². The van der Waals surface area contributed by atoms with E-state index in [2.05, 4.69) is 0 Å². The number of benzene rings is 1. The lowest BCUT2D eigenvalue weighted by molar-refractivity contribution is -0.140. The molecule has 1 unspecified atom stereocenters. The van der Waals surface area contributed by atoms with Crippen LogP contribution in [0, 0.1) is 29.0 Å². The van der Waals surface area contributed by atoms with Gasteiger partial charge in [-0.2, -0.15) is 18.4 Å². The molecule has 2 amide bonds. The smallest absolute Gasteiger partial charge is 0.366 e. The number of fused-ring (bicyclic) bond motifs is 5. The maximum atomic E-state index is 14.8. The lowest BCUT2D eigenvalue weighted by Gasteiger charge is -2.32. The number of hydrogen-bond acceptors (Lipinski definition) is 5. The van der Waals surface area contributed by atoms with E-state index >= 15 is 0 Å². The highest BCUT2D eigenvalue weighted by atomic mass is 19.4. The van der Waals surface area contributed by atoms with E-state index in [1.807, 2.05) is 0 Å². The Morgan fingerprint density at radius 2 is 1.86 bits per heavy atom. The van der Waals surface area contributed by atoms with Crippen molar-refractivity contribution in [1.82, 2.24) is 0 Å². The van der Waals surface area contributed by atoms with E-state index in [1.165, 1.54) is 6.07 Å². The zero-order chi connectivity index (χ0) is 20.8. The fourth-order valence-electron chi connectivity index (χ4n) is 4.95. The summed E-state index contributed by atoms with van der Waals surface area (Å²) in [6.07, 6.45) is -4.88. The molecular formula is C18H15F4N3O3. The largest absolute Gasteiger partial charge is 0.420 e. The van der Waals surface area contributed by atoms with Gasteiger partial charge in [-0.3, -0.25) is 9.59 Å². The van der Waals surface area contributed by atoms with E-state index in [-0.39, 0.29) is 0 Å². The summed E-state index contributed by atoms with van der Waals surface area (Å²) in [7, 11) is 0. The third-order valence-electron chi connectivity index (χ3n) is 6.16. The molecule has 5 atom stereocenters. The van der Waals surface area contributed by atoms with Crippen LogP contribution in [0.5, 0.6) is 0 Å². The molecule has 4 rings (SSSR count). The zero-order valence-corrected chi connectivity index (χ0v) is 14.8. The maximum Gasteiger partial charge on any atom is 0.420 e. The lowest BCUT2D eigenvalue weighted by atomic mass is 9.67. The fourth-order valence-corrected chi connectivity index (χ4v) is 4.95. The molecule has 148 valence electrons. The van der Waals surface area contributed by atoms with Gasteiger partial charge in [0.2, 0.25) is 11.8 Å². The van der Waals surface area contributed by atoms with E-state index in [4.69, 9.17) is 15.7 Å². The molecule has 0 saturated carbocycles. The Hall–Kier alpha value is -2.51. The number of imide groups is 1. The van der Waals surface area contributed by atoms with Crippen LogP contribution in [-0.4, -0.2) is 29.1 Å². The number of carbonyl (C=O) groups excluding carboxylic acids is 2. The molecule has 0 aromatic heterocycles. The Labute approximate surface area is 156 Å². The second kappa shape index (κ2) is 5.30. The second-order valence-corrected chi connectivity index (χ2v) is 7.81. The summed E-state index contributed by atoms with van der Waals surface area (Å²) >= 11 is 0. The number of hydrogen-bond donors (Lipinski definition) is 1. The molecule has 28 heavy (non-hydrogen) atoms. The maximum absolute atomic E-state index is 14.8. The Kier molecular flexibility index (Phi) is 3.57. The van der Waals surface area contributed by atoms with Gasteiger partial charge in [-0.25, -0.2) is 9.29 Å². The number of nitrogens with two attached hydrogens (primary N) is 1. The highest BCUT2D eigenvalue weighted by molar-refractivity contribution is 6.23. The van der Waals surface area contributed by atoms with Gasteiger partial charge < -0.3 is 10.5 Å². The number of alkyl halides is 3. The summed E-state index contributed by atoms with van der Waals surface area (Å²) in [6.45, 7) is 3.20. The van der Waals surface area contributed by atoms with Crippen LogP contribution in [0.4, 0.5) is 23.2 Å². The Morgan fingerprint density at radius 3 is 2.43 bits per heavy atom. The summed E-state index contributed by atoms with van der Waals surface area (Å²) in [5, 5.41) is 8.88. The van der Waals surface area contributed by atoms with E-state index in [0.29, 0.717) is 11.3 Å². The second-order valence-electron chi connectivity index (χ2n) is 7.81. The van der Waals surface area contributed by atoms with Gasteiger partial charge in [-0.15, -0.1) is 0 Å². The molecule has 1 aromatic carbocycles. The van der Waals surface area contributed by atoms with Crippen molar-refractivity contribution in [2.45, 2.75) is 43.7 Å². The molecule has 2 N–H and O–H groups in total. The molecule has 3 aliphatic heterocycles. The van der Waals surface area contributed by atoms with Gasteiger partial charge in [-0.1, -0.05) is 0 Å². The number of nitrogens with zero attached hydrogens (tertiary/aromatic N) is 2. The zero-order valence-electron chi connectivity index (χ0n) is 14.8. The SMILES string of the molecule is C[C@]12O[C@](C)(C[C@H]1N)C1C(=O)N(c3ccc(C#N)c(C(F)(F)F)c3F)C(=O)[C@H]12. The van der Waals surface area contributed by atoms with Crippen molar-refractivity contribution in [3.63, 3.8) is 0 Å². The number of nitriles is 1. The first kappa shape index (κ1) is 18.8. The van der Waals surface area contributed by atoms with Crippen molar-refractivity contribution < 1.29 is 31.9 Å². The quantitative estimate of drug-likeness (QED) is 0.578. The van der Waals surface area contributed by atoms with Gasteiger partial charge >= 0.3 is 6.18 Å². The highest BCUT2D eigenvalue weighted by Crippen LogP contribution is 2.60. The van der Waals surface area contributed by atoms with E-state index in [0.717, 1.165) is 12.1 Å². The molecule has 3 saturated heterocycles. The topological polar surface area (TPSA) is 96.4 Å². The molecule has 6 nitrogen and oxygen atoms in total. The summed E-state index contributed by atoms with van der Waals surface area (Å²) in [6, 6.07) is 2.32. The van der Waals surface area contributed by atoms with Gasteiger partial charge in [0.05, 0.1) is 40.4 Å². The molecule has 3 aliphatic rings. The average molecular weight is 397 g/mol. The summed E-state index contributed by atoms with van der Waals surface area (Å²) in [5.41, 5.74) is 0.278. The summed E-state index contributed by atoms with van der Waals surface area (Å²) < 4.78 is 60.5. The number of ether oxygens (including phenoxy) is 1. The Morgan fingerprint density at radius 1 is 1.25 bits per heavy atom. The van der Waals surface area contributed by atoms with Crippen LogP contribution >= 0.6 is 0 Å². The molecule has 3 heterocycles. The first-order valence-corrected chi connectivity index (χ1v) is 8.50. The minimum Gasteiger partial charge on any atom is -0.366 e. The highest BCUT2D eigenvalue weighted by Gasteiger charge is 2.75. The third-order valence-corrected chi connectivity index (χ3v) is 6.16. The first-order chi connectivity index (χ1) is 12.9. The van der Waals surface area contributed by atoms with Crippen molar-refractivity contribution in [2.75, 3.05) is 4.90 Å². The van der Waals surface area contributed by atoms with Gasteiger partial charge in [0, 0.05) is 6.04 Å². The van der Waals surface area contributed by atoms with E-state index in [9.17, 15) is 27.2 Å². The average Bonchev–Trinajstić information content (AvgIpc) is 3.08. The van der Waals surface area contributed by atoms with Crippen LogP contribution < -0.4 is 10.6 Å². The minimum absolute atomic E-state index is 0.293. The van der Waals surface area contributed by atoms with E-state index in [1.54, 1.807) is 13.8 Å². The number of carbonyl (C=O) groups is 2. The molecule has 0 aliphatic carbocycles. The third kappa shape index (κ3) is 2.08. The van der Waals surface area contributed by atoms with Crippen LogP contribution in [0.2, 0.25) is 0 Å². The van der Waals surface area contributed by atoms with Crippen molar-refractivity contribution in [3.05, 3.63) is 29.1 Å². The molecule has 2 bridgehead atoms. The predicted molar refractivity (Wildman–Crippen MR) is 86.1 cm³/mol. The van der Waals surface area contributed by atoms with Crippen LogP contribution in [0.1, 0.15) is 31.4 Å². The number of halogens is 4. The van der Waals surface area contributed by atoms with Crippen molar-refractivity contribution in [2.24, 2.45) is 17.6 Å². The van der Waals surface area contributed by atoms with Crippen LogP contribution in [0.3, 0.4) is 0 Å². The number of anilines is 1. The molecule has 3 fully saturated rings. The predicted octanol–water partition coefficient (Wildman–Crippen LogP) is 2.10. The minimum atomic E-state index is -5.17. The first-order valence-electron chi connectivity index (χ1n) is 8.50. The number of rotatable bonds is 1. The standard InChI is InChI=1S/C18H15F4N3O3/c1-16-5-9(24)17(2,28-16)12-11(16)14(26)25(15(12)27)8-4-3-7(6-23)10(13(8)19)18(20,21)22/h3-4,9,11-12H,5,24H2,1-2H3/t9-,11?,12+,16-,17+/m1/s1. The van der Waals surface area contributed by atoms with Gasteiger partial charge in [0.25, 0.3) is 0 Å². The number of amides is 2. The molecule has 0 spiro atoms. The molecule has 1 aromatic rings. The van der Waals surface area contributed by atoms with Crippen molar-refractivity contribution in [3.8, 4) is 6.07 Å². The summed E-state index contributed by atoms with van der Waals surface area (Å²) in [4.78, 5) is 26.4. The van der Waals surface area contributed by atoms with Crippen LogP contribution in [0.15, 0.2) is 12.1 Å². The molecule has 10 heteroatoms. The Balaban J connectivity index is 1.86. The van der Waals surface area contributed by atoms with Crippen LogP contribution in [-0.2, 0) is 20.5 Å². The monoisotopic (exact) mass is 397 g/mol. The van der Waals surface area contributed by atoms with Gasteiger partial charge in [-0.05, 0) is 32.4 Å². The van der Waals surface area contributed by atoms with E-state index < -0.39 is 69.7 Å². The van der Waals surface area contributed by atoms with Crippen LogP contribution in [0.25, 0.3) is 0 Å². The van der Waals surface area contributed by atoms with Gasteiger partial charge in [0.15, 0.2) is 5.82 Å². The summed E-state index contributed by atoms with van der Waals surface area (Å²) in [5.74, 6) is -5.49. The normalized spacial score (nSPS) is 36.8. The fraction of sp³-hybridized carbons (Fsp3) is 0.500. The van der Waals surface area contributed by atoms with Crippen molar-refractivity contribution >= 4 is 17.5 Å². The lowest BCUT2D eigenvalue weighted by Crippen LogP contribution is -2.53. The molecule has 0 radical (unpaired) electrons. The van der Waals surface area contributed by atoms with Crippen molar-refractivity contribution in [1.29, 1.82) is 5.26 Å².